The first-order valence-corrected chi connectivity index (χ1v) is 13.5. The fourth-order valence-electron chi connectivity index (χ4n) is 5.58. The Hall–Kier alpha value is -2.26. The second-order valence-electron chi connectivity index (χ2n) is 10.3. The molecular formula is C28H40N2O6. The number of aromatic amines is 1. The molecule has 4 atom stereocenters. The first kappa shape index (κ1) is 26.8. The predicted molar refractivity (Wildman–Crippen MR) is 137 cm³/mol. The number of aliphatic hydroxyl groups excluding tert-OH is 2. The second kappa shape index (κ2) is 11.9. The van der Waals surface area contributed by atoms with Gasteiger partial charge in [0.2, 0.25) is 0 Å². The number of nitrogens with zero attached hydrogens (tertiary/aromatic N) is 1. The van der Waals surface area contributed by atoms with Gasteiger partial charge in [0.05, 0.1) is 13.2 Å². The third kappa shape index (κ3) is 5.52. The molecule has 0 radical (unpaired) electrons. The predicted octanol–water partition coefficient (Wildman–Crippen LogP) is 3.15. The Morgan fingerprint density at radius 3 is 2.56 bits per heavy atom. The lowest BCUT2D eigenvalue weighted by molar-refractivity contribution is -0.284. The van der Waals surface area contributed by atoms with E-state index in [1.165, 1.54) is 42.7 Å². The summed E-state index contributed by atoms with van der Waals surface area (Å²) in [6, 6.07) is 5.74. The summed E-state index contributed by atoms with van der Waals surface area (Å²) >= 11 is 0. The Morgan fingerprint density at radius 1 is 1.06 bits per heavy atom. The standard InChI is InChI=1S/C28H40N2O6/c1-3-5-7-9-10-19-14-20(11-8-6-4-2)22-16-28(36-17-21(22)15-19)23(31)18-35-26(25(28)33)30-13-12-24(32)29-27(30)34/h12-15,23,25-26,31,33H,3-11,16-18H2,1-2H3,(H,29,32,34)/t23-,25+,26-,28-/m1/s1. The van der Waals surface area contributed by atoms with Crippen LogP contribution in [-0.2, 0) is 35.3 Å². The third-order valence-electron chi connectivity index (χ3n) is 7.70. The van der Waals surface area contributed by atoms with Gasteiger partial charge < -0.3 is 19.7 Å². The smallest absolute Gasteiger partial charge is 0.330 e. The molecule has 2 aromatic rings. The zero-order valence-corrected chi connectivity index (χ0v) is 21.5. The zero-order valence-electron chi connectivity index (χ0n) is 21.5. The molecule has 1 fully saturated rings. The van der Waals surface area contributed by atoms with Crippen molar-refractivity contribution in [3.63, 3.8) is 0 Å². The highest BCUT2D eigenvalue weighted by Crippen LogP contribution is 2.42. The summed E-state index contributed by atoms with van der Waals surface area (Å²) in [6.45, 7) is 4.59. The van der Waals surface area contributed by atoms with Crippen LogP contribution in [0.15, 0.2) is 34.0 Å². The van der Waals surface area contributed by atoms with Gasteiger partial charge in [0.25, 0.3) is 5.56 Å². The highest BCUT2D eigenvalue weighted by molar-refractivity contribution is 5.42. The van der Waals surface area contributed by atoms with E-state index in [0.717, 1.165) is 54.2 Å². The SMILES string of the molecule is CCCCCCc1cc(CCCCC)c2c(c1)CO[C@]1(C2)[C@H](O)CO[C@@H](n2ccc(=O)[nH]c2=O)[C@@H]1O. The quantitative estimate of drug-likeness (QED) is 0.432. The maximum Gasteiger partial charge on any atom is 0.330 e. The number of ether oxygens (including phenoxy) is 2. The summed E-state index contributed by atoms with van der Waals surface area (Å²) in [6.07, 6.45) is 8.37. The van der Waals surface area contributed by atoms with Gasteiger partial charge in [-0.25, -0.2) is 4.79 Å². The fraction of sp³-hybridized carbons (Fsp3) is 0.643. The first-order valence-electron chi connectivity index (χ1n) is 13.5. The van der Waals surface area contributed by atoms with Gasteiger partial charge in [-0.2, -0.15) is 0 Å². The number of aliphatic hydroxyl groups is 2. The average molecular weight is 501 g/mol. The van der Waals surface area contributed by atoms with Crippen LogP contribution in [-0.4, -0.2) is 44.2 Å². The number of hydrogen-bond donors (Lipinski definition) is 3. The van der Waals surface area contributed by atoms with Crippen molar-refractivity contribution >= 4 is 0 Å². The normalized spacial score (nSPS) is 25.7. The fourth-order valence-corrected chi connectivity index (χ4v) is 5.58. The molecule has 1 aromatic heterocycles. The molecule has 1 aromatic carbocycles. The number of nitrogens with one attached hydrogen (secondary N) is 1. The van der Waals surface area contributed by atoms with Crippen LogP contribution in [0, 0.1) is 0 Å². The van der Waals surface area contributed by atoms with Crippen molar-refractivity contribution in [1.29, 1.82) is 0 Å². The molecule has 0 bridgehead atoms. The summed E-state index contributed by atoms with van der Waals surface area (Å²) in [5, 5.41) is 22.5. The molecule has 198 valence electrons. The highest BCUT2D eigenvalue weighted by Gasteiger charge is 2.55. The summed E-state index contributed by atoms with van der Waals surface area (Å²) in [5.74, 6) is 0. The largest absolute Gasteiger partial charge is 0.388 e. The van der Waals surface area contributed by atoms with Gasteiger partial charge in [-0.1, -0.05) is 58.1 Å². The van der Waals surface area contributed by atoms with Crippen molar-refractivity contribution in [2.45, 2.75) is 109 Å². The number of rotatable bonds is 10. The van der Waals surface area contributed by atoms with Crippen molar-refractivity contribution < 1.29 is 19.7 Å². The zero-order chi connectivity index (χ0) is 25.7. The van der Waals surface area contributed by atoms with Gasteiger partial charge in [0.1, 0.15) is 17.8 Å². The topological polar surface area (TPSA) is 114 Å². The molecule has 1 saturated heterocycles. The van der Waals surface area contributed by atoms with Gasteiger partial charge in [-0.15, -0.1) is 0 Å². The van der Waals surface area contributed by atoms with Crippen molar-refractivity contribution in [3.05, 3.63) is 67.5 Å². The van der Waals surface area contributed by atoms with E-state index in [9.17, 15) is 19.8 Å². The third-order valence-corrected chi connectivity index (χ3v) is 7.70. The van der Waals surface area contributed by atoms with E-state index < -0.39 is 35.3 Å². The minimum Gasteiger partial charge on any atom is -0.388 e. The van der Waals surface area contributed by atoms with E-state index in [2.05, 4.69) is 31.0 Å². The molecule has 8 nitrogen and oxygen atoms in total. The van der Waals surface area contributed by atoms with Crippen molar-refractivity contribution in [2.24, 2.45) is 0 Å². The number of aromatic nitrogens is 2. The molecule has 36 heavy (non-hydrogen) atoms. The van der Waals surface area contributed by atoms with Crippen LogP contribution in [0.1, 0.15) is 87.3 Å². The van der Waals surface area contributed by atoms with Gasteiger partial charge in [-0.3, -0.25) is 14.3 Å². The average Bonchev–Trinajstić information content (AvgIpc) is 2.86. The van der Waals surface area contributed by atoms with E-state index in [1.807, 2.05) is 0 Å². The molecule has 0 amide bonds. The van der Waals surface area contributed by atoms with E-state index in [-0.39, 0.29) is 13.2 Å². The molecule has 0 unspecified atom stereocenters. The molecule has 8 heteroatoms. The molecule has 2 aliphatic heterocycles. The molecule has 4 rings (SSSR count). The lowest BCUT2D eigenvalue weighted by atomic mass is 9.76. The maximum absolute atomic E-state index is 12.4. The number of unbranched alkanes of at least 4 members (excludes halogenated alkanes) is 5. The first-order chi connectivity index (χ1) is 17.4. The molecule has 3 heterocycles. The molecule has 1 spiro atoms. The van der Waals surface area contributed by atoms with E-state index in [1.54, 1.807) is 0 Å². The Kier molecular flexibility index (Phi) is 8.83. The summed E-state index contributed by atoms with van der Waals surface area (Å²) in [7, 11) is 0. The van der Waals surface area contributed by atoms with E-state index in [4.69, 9.17) is 9.47 Å². The number of fused-ring (bicyclic) bond motifs is 1. The molecule has 0 saturated carbocycles. The van der Waals surface area contributed by atoms with E-state index >= 15 is 0 Å². The maximum atomic E-state index is 12.4. The molecule has 2 aliphatic rings. The minimum absolute atomic E-state index is 0.0939. The number of benzene rings is 1. The summed E-state index contributed by atoms with van der Waals surface area (Å²) in [5.41, 5.74) is 2.31. The van der Waals surface area contributed by atoms with Crippen LogP contribution in [0.2, 0.25) is 0 Å². The monoisotopic (exact) mass is 500 g/mol. The van der Waals surface area contributed by atoms with Crippen LogP contribution in [0.25, 0.3) is 0 Å². The van der Waals surface area contributed by atoms with Crippen LogP contribution in [0.5, 0.6) is 0 Å². The summed E-state index contributed by atoms with van der Waals surface area (Å²) < 4.78 is 13.1. The Bertz CT molecular complexity index is 1140. The van der Waals surface area contributed by atoms with Crippen LogP contribution >= 0.6 is 0 Å². The number of aryl methyl sites for hydroxylation is 2. The minimum atomic E-state index is -1.31. The molecule has 3 N–H and O–H groups in total. The van der Waals surface area contributed by atoms with Crippen molar-refractivity contribution in [1.82, 2.24) is 9.55 Å². The summed E-state index contributed by atoms with van der Waals surface area (Å²) in [4.78, 5) is 26.1. The molecule has 0 aliphatic carbocycles. The molecular weight excluding hydrogens is 460 g/mol. The van der Waals surface area contributed by atoms with Crippen molar-refractivity contribution in [2.75, 3.05) is 6.61 Å². The van der Waals surface area contributed by atoms with Crippen molar-refractivity contribution in [3.8, 4) is 0 Å². The second-order valence-corrected chi connectivity index (χ2v) is 10.3. The Labute approximate surface area is 212 Å². The lowest BCUT2D eigenvalue weighted by Gasteiger charge is -2.50. The van der Waals surface area contributed by atoms with E-state index in [0.29, 0.717) is 6.42 Å². The number of hydrogen-bond acceptors (Lipinski definition) is 6. The van der Waals surface area contributed by atoms with Crippen LogP contribution < -0.4 is 11.2 Å². The highest BCUT2D eigenvalue weighted by atomic mass is 16.6. The Balaban J connectivity index is 1.65. The van der Waals surface area contributed by atoms with Crippen LogP contribution in [0.3, 0.4) is 0 Å². The van der Waals surface area contributed by atoms with Gasteiger partial charge in [-0.05, 0) is 47.9 Å². The van der Waals surface area contributed by atoms with Gasteiger partial charge in [0, 0.05) is 18.7 Å². The lowest BCUT2D eigenvalue weighted by Crippen LogP contribution is -2.65. The number of H-pyrrole nitrogens is 1. The van der Waals surface area contributed by atoms with Crippen LogP contribution in [0.4, 0.5) is 0 Å². The Morgan fingerprint density at radius 2 is 1.81 bits per heavy atom. The van der Waals surface area contributed by atoms with Gasteiger partial charge >= 0.3 is 5.69 Å². The van der Waals surface area contributed by atoms with Gasteiger partial charge in [0.15, 0.2) is 6.23 Å².